The third-order valence-electron chi connectivity index (χ3n) is 2.43. The van der Waals surface area contributed by atoms with Crippen LogP contribution in [0.5, 0.6) is 0 Å². The predicted octanol–water partition coefficient (Wildman–Crippen LogP) is 1.06. The van der Waals surface area contributed by atoms with Gasteiger partial charge < -0.3 is 11.1 Å². The van der Waals surface area contributed by atoms with Gasteiger partial charge >= 0.3 is 0 Å². The number of rotatable bonds is 3. The molecule has 0 saturated carbocycles. The summed E-state index contributed by atoms with van der Waals surface area (Å²) in [6, 6.07) is 3.45. The lowest BCUT2D eigenvalue weighted by Gasteiger charge is -2.03. The second-order valence-electron chi connectivity index (χ2n) is 3.79. The van der Waals surface area contributed by atoms with Crippen LogP contribution in [0.1, 0.15) is 27.9 Å². The highest BCUT2D eigenvalue weighted by molar-refractivity contribution is 7.08. The summed E-state index contributed by atoms with van der Waals surface area (Å²) in [6.07, 6.45) is 2.25. The van der Waals surface area contributed by atoms with Gasteiger partial charge in [-0.3, -0.25) is 4.79 Å². The smallest absolute Gasteiger partial charge is 0.270 e. The summed E-state index contributed by atoms with van der Waals surface area (Å²) in [5.74, 6) is 5.82. The van der Waals surface area contributed by atoms with Gasteiger partial charge in [-0.1, -0.05) is 23.3 Å². The fourth-order valence-corrected chi connectivity index (χ4v) is 2.16. The fraction of sp³-hybridized carbons (Fsp3) is 0.231. The molecule has 0 aliphatic heterocycles. The number of amides is 1. The number of nitrogens with zero attached hydrogens (tertiary/aromatic N) is 3. The number of hydrogen-bond donors (Lipinski definition) is 2. The second-order valence-corrected chi connectivity index (χ2v) is 4.55. The maximum atomic E-state index is 12.1. The zero-order valence-corrected chi connectivity index (χ0v) is 11.7. The summed E-state index contributed by atoms with van der Waals surface area (Å²) in [5.41, 5.74) is 6.76. The van der Waals surface area contributed by atoms with Crippen LogP contribution in [-0.2, 0) is 6.42 Å². The summed E-state index contributed by atoms with van der Waals surface area (Å²) < 4.78 is 3.79. The molecule has 2 aromatic rings. The molecule has 0 saturated heterocycles. The molecular formula is C13H13N5OS. The van der Waals surface area contributed by atoms with Gasteiger partial charge in [-0.25, -0.2) is 4.98 Å². The maximum Gasteiger partial charge on any atom is 0.270 e. The van der Waals surface area contributed by atoms with Crippen molar-refractivity contribution in [2.75, 3.05) is 11.9 Å². The number of nitrogens with two attached hydrogens (primary N) is 1. The summed E-state index contributed by atoms with van der Waals surface area (Å²) in [5, 5.41) is 6.62. The first kappa shape index (κ1) is 14.1. The fourth-order valence-electron chi connectivity index (χ4n) is 1.52. The molecule has 0 fully saturated rings. The molecule has 0 atom stereocenters. The highest BCUT2D eigenvalue weighted by Crippen LogP contribution is 2.14. The van der Waals surface area contributed by atoms with Gasteiger partial charge in [0.1, 0.15) is 10.7 Å². The Kier molecular flexibility index (Phi) is 4.76. The van der Waals surface area contributed by atoms with Crippen LogP contribution in [0.4, 0.5) is 5.82 Å². The lowest BCUT2D eigenvalue weighted by Crippen LogP contribution is -2.13. The van der Waals surface area contributed by atoms with Gasteiger partial charge in [0.2, 0.25) is 0 Å². The van der Waals surface area contributed by atoms with Crippen molar-refractivity contribution >= 4 is 23.3 Å². The van der Waals surface area contributed by atoms with E-state index in [4.69, 9.17) is 5.73 Å². The minimum Gasteiger partial charge on any atom is -0.320 e. The van der Waals surface area contributed by atoms with E-state index in [1.165, 1.54) is 0 Å². The first-order valence-corrected chi connectivity index (χ1v) is 6.79. The van der Waals surface area contributed by atoms with Gasteiger partial charge in [0.15, 0.2) is 0 Å². The zero-order chi connectivity index (χ0) is 14.4. The Morgan fingerprint density at radius 3 is 3.15 bits per heavy atom. The number of aryl methyl sites for hydroxylation is 1. The molecule has 6 nitrogen and oxygen atoms in total. The molecule has 3 N–H and O–H groups in total. The van der Waals surface area contributed by atoms with Crippen molar-refractivity contribution in [3.05, 3.63) is 34.5 Å². The van der Waals surface area contributed by atoms with Crippen LogP contribution in [0.15, 0.2) is 18.3 Å². The second kappa shape index (κ2) is 6.75. The molecule has 0 bridgehead atoms. The molecule has 0 aromatic carbocycles. The molecule has 7 heteroatoms. The summed E-state index contributed by atoms with van der Waals surface area (Å²) in [7, 11) is 0. The first-order valence-electron chi connectivity index (χ1n) is 6.02. The van der Waals surface area contributed by atoms with Crippen molar-refractivity contribution in [2.24, 2.45) is 5.73 Å². The van der Waals surface area contributed by atoms with Gasteiger partial charge in [0, 0.05) is 11.8 Å². The molecule has 0 aliphatic rings. The average molecular weight is 287 g/mol. The van der Waals surface area contributed by atoms with Crippen LogP contribution in [0.25, 0.3) is 0 Å². The molecule has 1 amide bonds. The van der Waals surface area contributed by atoms with Crippen LogP contribution in [0.3, 0.4) is 0 Å². The largest absolute Gasteiger partial charge is 0.320 e. The van der Waals surface area contributed by atoms with Crippen LogP contribution < -0.4 is 11.1 Å². The van der Waals surface area contributed by atoms with Crippen LogP contribution in [0, 0.1) is 11.8 Å². The average Bonchev–Trinajstić information content (AvgIpc) is 2.94. The van der Waals surface area contributed by atoms with E-state index in [1.54, 1.807) is 18.3 Å². The van der Waals surface area contributed by atoms with Crippen LogP contribution >= 0.6 is 11.5 Å². The van der Waals surface area contributed by atoms with Crippen molar-refractivity contribution in [3.8, 4) is 11.8 Å². The standard InChI is InChI=1S/C13H13N5OS/c1-2-10-12(20-18-17-10)13(19)16-11-8-9(4-3-6-14)5-7-15-11/h5,7-8H,2,6,14H2,1H3,(H,15,16,19). The van der Waals surface area contributed by atoms with Gasteiger partial charge in [0.05, 0.1) is 12.2 Å². The topological polar surface area (TPSA) is 93.8 Å². The first-order chi connectivity index (χ1) is 9.74. The molecule has 0 aliphatic carbocycles. The van der Waals surface area contributed by atoms with E-state index in [0.29, 0.717) is 22.8 Å². The molecule has 2 heterocycles. The Hall–Kier alpha value is -2.30. The Balaban J connectivity index is 2.16. The van der Waals surface area contributed by atoms with Gasteiger partial charge in [0.25, 0.3) is 5.91 Å². The molecular weight excluding hydrogens is 274 g/mol. The van der Waals surface area contributed by atoms with Crippen molar-refractivity contribution in [1.29, 1.82) is 0 Å². The normalized spacial score (nSPS) is 9.70. The lowest BCUT2D eigenvalue weighted by molar-refractivity contribution is 0.102. The van der Waals surface area contributed by atoms with E-state index in [1.807, 2.05) is 6.92 Å². The van der Waals surface area contributed by atoms with E-state index in [9.17, 15) is 4.79 Å². The van der Waals surface area contributed by atoms with E-state index in [-0.39, 0.29) is 12.5 Å². The van der Waals surface area contributed by atoms with Crippen LogP contribution in [-0.4, -0.2) is 27.0 Å². The molecule has 0 radical (unpaired) electrons. The Morgan fingerprint density at radius 1 is 1.55 bits per heavy atom. The number of aromatic nitrogens is 3. The Labute approximate surface area is 120 Å². The van der Waals surface area contributed by atoms with Crippen molar-refractivity contribution < 1.29 is 4.79 Å². The predicted molar refractivity (Wildman–Crippen MR) is 77.4 cm³/mol. The van der Waals surface area contributed by atoms with Gasteiger partial charge in [-0.15, -0.1) is 5.10 Å². The van der Waals surface area contributed by atoms with Crippen molar-refractivity contribution in [3.63, 3.8) is 0 Å². The summed E-state index contributed by atoms with van der Waals surface area (Å²) in [6.45, 7) is 2.21. The highest BCUT2D eigenvalue weighted by atomic mass is 32.1. The van der Waals surface area contributed by atoms with E-state index >= 15 is 0 Å². The van der Waals surface area contributed by atoms with E-state index in [2.05, 4.69) is 31.7 Å². The minimum absolute atomic E-state index is 0.256. The third-order valence-corrected chi connectivity index (χ3v) is 3.20. The molecule has 2 aromatic heterocycles. The number of hydrogen-bond acceptors (Lipinski definition) is 6. The SMILES string of the molecule is CCc1nnsc1C(=O)Nc1cc(C#CCN)ccn1. The van der Waals surface area contributed by atoms with E-state index < -0.39 is 0 Å². The molecule has 20 heavy (non-hydrogen) atoms. The minimum atomic E-state index is -0.256. The summed E-state index contributed by atoms with van der Waals surface area (Å²) in [4.78, 5) is 16.7. The number of carbonyl (C=O) groups excluding carboxylic acids is 1. The molecule has 2 rings (SSSR count). The maximum absolute atomic E-state index is 12.1. The van der Waals surface area contributed by atoms with Crippen molar-refractivity contribution in [2.45, 2.75) is 13.3 Å². The van der Waals surface area contributed by atoms with Crippen LogP contribution in [0.2, 0.25) is 0 Å². The molecule has 0 unspecified atom stereocenters. The Morgan fingerprint density at radius 2 is 2.40 bits per heavy atom. The summed E-state index contributed by atoms with van der Waals surface area (Å²) >= 11 is 1.07. The number of carbonyl (C=O) groups is 1. The van der Waals surface area contributed by atoms with Gasteiger partial charge in [-0.05, 0) is 30.1 Å². The Bertz CT molecular complexity index is 671. The van der Waals surface area contributed by atoms with Crippen molar-refractivity contribution in [1.82, 2.24) is 14.6 Å². The third kappa shape index (κ3) is 3.38. The zero-order valence-electron chi connectivity index (χ0n) is 10.9. The number of nitrogens with one attached hydrogen (secondary N) is 1. The van der Waals surface area contributed by atoms with Gasteiger partial charge in [-0.2, -0.15) is 0 Å². The molecule has 102 valence electrons. The molecule has 0 spiro atoms. The highest BCUT2D eigenvalue weighted by Gasteiger charge is 2.15. The van der Waals surface area contributed by atoms with E-state index in [0.717, 1.165) is 17.1 Å². The monoisotopic (exact) mass is 287 g/mol. The quantitative estimate of drug-likeness (QED) is 0.823. The lowest BCUT2D eigenvalue weighted by atomic mass is 10.2. The number of anilines is 1. The number of pyridine rings is 1.